The van der Waals surface area contributed by atoms with E-state index < -0.39 is 0 Å². The summed E-state index contributed by atoms with van der Waals surface area (Å²) in [5.74, 6) is 0.0622. The van der Waals surface area contributed by atoms with Gasteiger partial charge in [0.15, 0.2) is 0 Å². The van der Waals surface area contributed by atoms with E-state index in [1.165, 1.54) is 0 Å². The van der Waals surface area contributed by atoms with Crippen LogP contribution in [0.2, 0.25) is 0 Å². The molecular weight excluding hydrogens is 180 g/mol. The van der Waals surface area contributed by atoms with E-state index in [1.807, 2.05) is 6.92 Å². The second-order valence-electron chi connectivity index (χ2n) is 4.59. The molecule has 0 bridgehead atoms. The van der Waals surface area contributed by atoms with Crippen LogP contribution in [0.5, 0.6) is 0 Å². The third kappa shape index (κ3) is 2.25. The summed E-state index contributed by atoms with van der Waals surface area (Å²) in [6.07, 6.45) is 4.18. The summed E-state index contributed by atoms with van der Waals surface area (Å²) in [5, 5.41) is 15.2. The van der Waals surface area contributed by atoms with Crippen LogP contribution < -0.4 is 10.6 Å². The van der Waals surface area contributed by atoms with Crippen molar-refractivity contribution in [2.45, 2.75) is 50.2 Å². The summed E-state index contributed by atoms with van der Waals surface area (Å²) < 4.78 is 0. The molecule has 4 nitrogen and oxygen atoms in total. The molecule has 2 rings (SSSR count). The predicted octanol–water partition coefficient (Wildman–Crippen LogP) is -0.232. The summed E-state index contributed by atoms with van der Waals surface area (Å²) in [5.41, 5.74) is -0.152. The highest BCUT2D eigenvalue weighted by atomic mass is 16.3. The Morgan fingerprint density at radius 2 is 2.21 bits per heavy atom. The van der Waals surface area contributed by atoms with Crippen molar-refractivity contribution in [2.24, 2.45) is 0 Å². The van der Waals surface area contributed by atoms with Gasteiger partial charge in [0.2, 0.25) is 5.91 Å². The Labute approximate surface area is 84.1 Å². The summed E-state index contributed by atoms with van der Waals surface area (Å²) in [7, 11) is 0. The molecule has 80 valence electrons. The van der Waals surface area contributed by atoms with Crippen molar-refractivity contribution in [1.82, 2.24) is 10.6 Å². The van der Waals surface area contributed by atoms with Gasteiger partial charge in [-0.25, -0.2) is 0 Å². The summed E-state index contributed by atoms with van der Waals surface area (Å²) in [6, 6.07) is 0.223. The molecule has 4 heteroatoms. The minimum atomic E-state index is -0.190. The number of carbonyl (C=O) groups excluding carboxylic acids is 1. The SMILES string of the molecule is CC(NC1(CO)CC1)C(=O)NC1CC1. The molecule has 2 aliphatic carbocycles. The Hall–Kier alpha value is -0.610. The molecule has 0 aromatic rings. The second-order valence-corrected chi connectivity index (χ2v) is 4.59. The van der Waals surface area contributed by atoms with Crippen molar-refractivity contribution < 1.29 is 9.90 Å². The zero-order chi connectivity index (χ0) is 10.2. The molecule has 14 heavy (non-hydrogen) atoms. The molecule has 0 aromatic carbocycles. The van der Waals surface area contributed by atoms with E-state index in [0.29, 0.717) is 6.04 Å². The van der Waals surface area contributed by atoms with Crippen molar-refractivity contribution in [2.75, 3.05) is 6.61 Å². The number of aliphatic hydroxyl groups is 1. The molecule has 1 amide bonds. The van der Waals surface area contributed by atoms with Gasteiger partial charge in [0, 0.05) is 11.6 Å². The second kappa shape index (κ2) is 3.51. The van der Waals surface area contributed by atoms with E-state index >= 15 is 0 Å². The van der Waals surface area contributed by atoms with E-state index in [9.17, 15) is 4.79 Å². The lowest BCUT2D eigenvalue weighted by atomic mass is 10.2. The van der Waals surface area contributed by atoms with Crippen molar-refractivity contribution in [3.63, 3.8) is 0 Å². The lowest BCUT2D eigenvalue weighted by molar-refractivity contribution is -0.123. The third-order valence-corrected chi connectivity index (χ3v) is 3.00. The van der Waals surface area contributed by atoms with Gasteiger partial charge in [0.25, 0.3) is 0 Å². The molecule has 3 N–H and O–H groups in total. The largest absolute Gasteiger partial charge is 0.394 e. The van der Waals surface area contributed by atoms with Crippen LogP contribution in [0.4, 0.5) is 0 Å². The molecule has 2 saturated carbocycles. The van der Waals surface area contributed by atoms with Gasteiger partial charge >= 0.3 is 0 Å². The fourth-order valence-electron chi connectivity index (χ4n) is 1.58. The Morgan fingerprint density at radius 1 is 1.57 bits per heavy atom. The smallest absolute Gasteiger partial charge is 0.237 e. The van der Waals surface area contributed by atoms with Crippen molar-refractivity contribution >= 4 is 5.91 Å². The molecule has 0 spiro atoms. The average molecular weight is 198 g/mol. The number of rotatable bonds is 5. The third-order valence-electron chi connectivity index (χ3n) is 3.00. The first-order chi connectivity index (χ1) is 6.65. The Bertz CT molecular complexity index is 234. The van der Waals surface area contributed by atoms with Gasteiger partial charge in [-0.15, -0.1) is 0 Å². The zero-order valence-electron chi connectivity index (χ0n) is 8.55. The normalized spacial score (nSPS) is 25.6. The van der Waals surface area contributed by atoms with Crippen LogP contribution in [-0.2, 0) is 4.79 Å². The zero-order valence-corrected chi connectivity index (χ0v) is 8.55. The van der Waals surface area contributed by atoms with Gasteiger partial charge < -0.3 is 10.4 Å². The number of nitrogens with one attached hydrogen (secondary N) is 2. The molecule has 0 aliphatic heterocycles. The Kier molecular flexibility index (Phi) is 2.49. The number of hydrogen-bond donors (Lipinski definition) is 3. The molecule has 0 heterocycles. The fraction of sp³-hybridized carbons (Fsp3) is 0.900. The first-order valence-corrected chi connectivity index (χ1v) is 5.34. The molecule has 0 saturated heterocycles. The maximum Gasteiger partial charge on any atom is 0.237 e. The highest BCUT2D eigenvalue weighted by Crippen LogP contribution is 2.35. The molecule has 1 unspecified atom stereocenters. The predicted molar refractivity (Wildman–Crippen MR) is 52.8 cm³/mol. The van der Waals surface area contributed by atoms with Gasteiger partial charge in [-0.1, -0.05) is 0 Å². The lowest BCUT2D eigenvalue weighted by Gasteiger charge is -2.20. The van der Waals surface area contributed by atoms with Gasteiger partial charge in [-0.3, -0.25) is 10.1 Å². The molecule has 0 radical (unpaired) electrons. The molecular formula is C10H18N2O2. The highest BCUT2D eigenvalue weighted by Gasteiger charge is 2.43. The van der Waals surface area contributed by atoms with E-state index in [2.05, 4.69) is 10.6 Å². The standard InChI is InChI=1S/C10H18N2O2/c1-7(9(14)11-8-2-3-8)12-10(6-13)4-5-10/h7-8,12-13H,2-6H2,1H3,(H,11,14). The van der Waals surface area contributed by atoms with Crippen LogP contribution in [0.15, 0.2) is 0 Å². The minimum absolute atomic E-state index is 0.0622. The Balaban J connectivity index is 1.76. The van der Waals surface area contributed by atoms with Crippen LogP contribution in [0.1, 0.15) is 32.6 Å². The van der Waals surface area contributed by atoms with Gasteiger partial charge in [0.05, 0.1) is 12.6 Å². The van der Waals surface area contributed by atoms with E-state index in [1.54, 1.807) is 0 Å². The molecule has 0 aromatic heterocycles. The minimum Gasteiger partial charge on any atom is -0.394 e. The van der Waals surface area contributed by atoms with Crippen molar-refractivity contribution in [3.8, 4) is 0 Å². The van der Waals surface area contributed by atoms with Crippen LogP contribution >= 0.6 is 0 Å². The van der Waals surface area contributed by atoms with Gasteiger partial charge in [-0.05, 0) is 32.6 Å². The maximum atomic E-state index is 11.6. The van der Waals surface area contributed by atoms with E-state index in [4.69, 9.17) is 5.11 Å². The van der Waals surface area contributed by atoms with E-state index in [-0.39, 0.29) is 24.1 Å². The number of hydrogen-bond acceptors (Lipinski definition) is 3. The molecule has 2 fully saturated rings. The van der Waals surface area contributed by atoms with Crippen LogP contribution in [-0.4, -0.2) is 35.2 Å². The monoisotopic (exact) mass is 198 g/mol. The summed E-state index contributed by atoms with van der Waals surface area (Å²) >= 11 is 0. The van der Waals surface area contributed by atoms with Crippen LogP contribution in [0.3, 0.4) is 0 Å². The number of carbonyl (C=O) groups is 1. The first kappa shape index (κ1) is 9.93. The Morgan fingerprint density at radius 3 is 2.64 bits per heavy atom. The van der Waals surface area contributed by atoms with Crippen molar-refractivity contribution in [1.29, 1.82) is 0 Å². The topological polar surface area (TPSA) is 61.4 Å². The van der Waals surface area contributed by atoms with E-state index in [0.717, 1.165) is 25.7 Å². The fourth-order valence-corrected chi connectivity index (χ4v) is 1.58. The van der Waals surface area contributed by atoms with Gasteiger partial charge in [0.1, 0.15) is 0 Å². The summed E-state index contributed by atoms with van der Waals surface area (Å²) in [6.45, 7) is 1.99. The average Bonchev–Trinajstić information content (AvgIpc) is 3.01. The quantitative estimate of drug-likeness (QED) is 0.572. The van der Waals surface area contributed by atoms with Crippen LogP contribution in [0.25, 0.3) is 0 Å². The van der Waals surface area contributed by atoms with Gasteiger partial charge in [-0.2, -0.15) is 0 Å². The van der Waals surface area contributed by atoms with Crippen molar-refractivity contribution in [3.05, 3.63) is 0 Å². The maximum absolute atomic E-state index is 11.6. The molecule has 2 aliphatic rings. The lowest BCUT2D eigenvalue weighted by Crippen LogP contribution is -2.49. The number of amides is 1. The number of aliphatic hydroxyl groups excluding tert-OH is 1. The first-order valence-electron chi connectivity index (χ1n) is 5.34. The van der Waals surface area contributed by atoms with Crippen LogP contribution in [0, 0.1) is 0 Å². The highest BCUT2D eigenvalue weighted by molar-refractivity contribution is 5.82. The molecule has 1 atom stereocenters. The summed E-state index contributed by atoms with van der Waals surface area (Å²) in [4.78, 5) is 11.6.